The van der Waals surface area contributed by atoms with Crippen LogP contribution in [0, 0.1) is 42.0 Å². The molecule has 9 N–H and O–H groups in total. The molecule has 9 heterocycles. The number of nitrogens with one attached hydrogen (secondary N) is 4. The third-order valence-corrected chi connectivity index (χ3v) is 20.4. The number of aromatic amines is 4. The first-order valence-electron chi connectivity index (χ1n) is 40.0. The number of carboxylic acids is 1. The minimum Gasteiger partial charge on any atom is -1.00 e. The molecule has 9 aromatic heterocycles. The van der Waals surface area contributed by atoms with Gasteiger partial charge in [0.15, 0.2) is 28.7 Å². The summed E-state index contributed by atoms with van der Waals surface area (Å²) in [5.74, 6) is -3.62. The van der Waals surface area contributed by atoms with E-state index in [4.69, 9.17) is 29.4 Å². The average molecular weight is 2350 g/mol. The Morgan fingerprint density at radius 2 is 0.809 bits per heavy atom. The van der Waals surface area contributed by atoms with Crippen LogP contribution in [0.4, 0.5) is 13.2 Å². The van der Waals surface area contributed by atoms with Crippen LogP contribution in [0.1, 0.15) is 156 Å². The van der Waals surface area contributed by atoms with Gasteiger partial charge in [0, 0.05) is 53.3 Å². The molecule has 141 heavy (non-hydrogen) atoms. The van der Waals surface area contributed by atoms with Crippen molar-refractivity contribution in [3.8, 4) is 33.8 Å². The number of H-pyrrole nitrogens is 4. The SMILES string of the molecule is CC(=O)O.CCOC(=O)c1cc(C(F)(F)F)n(CC(=O)c2ccc(Br)cc2)n1.CCOC(=O)c1cc(C)[nH]n1.CCOC(=O)c1cc(C)nn1CC(=O)c1ccc(Br)cc1.COC(=O)c1ccc(-c2cn3nc(C)cc3c(=O)[nH]2)cc1.Cc1cc2c(=O)[nH]c(-c3ccc(Br)cc3)cn2n1.Cc1cc2c(=O)[nH]c(-c3ccc(C(C)(C)O)cc3)cn2n1.N.O=C(CBr)c1ccc(Br)cc1.O=CO[O-].[CH3-].[Cl-].[H-].[K+].[K+].[Mg+2]. The van der Waals surface area contributed by atoms with Crippen LogP contribution in [0.25, 0.3) is 50.3 Å². The van der Waals surface area contributed by atoms with Gasteiger partial charge in [0.1, 0.15) is 41.0 Å². The molecule has 0 amide bonds. The number of methoxy groups -OCH3 is 1. The number of carbonyl (C=O) groups is 9. The van der Waals surface area contributed by atoms with Crippen LogP contribution in [-0.2, 0) is 58.3 Å². The number of esters is 4. The second-order valence-electron chi connectivity index (χ2n) is 28.7. The van der Waals surface area contributed by atoms with Gasteiger partial charge < -0.3 is 81.7 Å². The first-order valence-corrected chi connectivity index (χ1v) is 44.3. The Hall–Kier alpha value is -9.56. The summed E-state index contributed by atoms with van der Waals surface area (Å²) in [4.78, 5) is 146. The first-order chi connectivity index (χ1) is 63.9. The molecule has 0 aliphatic rings. The number of hydrogen-bond donors (Lipinski definition) is 7. The molecule has 6 aromatic carbocycles. The second-order valence-corrected chi connectivity index (χ2v) is 32.9. The largest absolute Gasteiger partial charge is 2.00 e. The van der Waals surface area contributed by atoms with E-state index in [1.807, 2.05) is 94.6 Å². The molecule has 0 saturated heterocycles. The van der Waals surface area contributed by atoms with Gasteiger partial charge in [-0.1, -0.05) is 165 Å². The van der Waals surface area contributed by atoms with E-state index >= 15 is 0 Å². The van der Waals surface area contributed by atoms with Crippen molar-refractivity contribution < 1.29 is 212 Å². The molecule has 0 spiro atoms. The average Bonchev–Trinajstić information content (AvgIpc) is 1.68. The van der Waals surface area contributed by atoms with Gasteiger partial charge in [-0.15, -0.1) is 0 Å². The number of rotatable bonds is 20. The minimum atomic E-state index is -4.75. The zero-order valence-corrected chi connectivity index (χ0v) is 95.2. The third kappa shape index (κ3) is 40.9. The Morgan fingerprint density at radius 3 is 1.13 bits per heavy atom. The number of aryl methyl sites for hydroxylation is 5. The molecule has 0 radical (unpaired) electrons. The summed E-state index contributed by atoms with van der Waals surface area (Å²) < 4.78 is 68.5. The van der Waals surface area contributed by atoms with Crippen LogP contribution in [0.5, 0.6) is 0 Å². The number of Topliss-reactive ketones (excluding diaryl/α,β-unsaturated/α-hetero) is 3. The number of aliphatic hydroxyl groups is 1. The molecular weight excluding hydrogens is 2260 g/mol. The van der Waals surface area contributed by atoms with E-state index in [-0.39, 0.29) is 219 Å². The summed E-state index contributed by atoms with van der Waals surface area (Å²) in [5, 5.41) is 53.1. The van der Waals surface area contributed by atoms with Crippen molar-refractivity contribution in [1.82, 2.24) is 79.7 Å². The van der Waals surface area contributed by atoms with Crippen molar-refractivity contribution in [2.75, 3.05) is 32.3 Å². The molecular formula is C93H95Br5ClF3K2MgN16O20. The van der Waals surface area contributed by atoms with Crippen molar-refractivity contribution in [3.05, 3.63) is 336 Å². The van der Waals surface area contributed by atoms with Crippen LogP contribution in [0.2, 0.25) is 0 Å². The fourth-order valence-electron chi connectivity index (χ4n) is 11.7. The summed E-state index contributed by atoms with van der Waals surface area (Å²) in [6.07, 6.45) is 0.615. The predicted octanol–water partition coefficient (Wildman–Crippen LogP) is 7.31. The zero-order valence-electron chi connectivity index (χ0n) is 79.9. The number of alkyl halides is 4. The van der Waals surface area contributed by atoms with Crippen molar-refractivity contribution in [2.45, 2.75) is 101 Å². The van der Waals surface area contributed by atoms with Gasteiger partial charge in [0.25, 0.3) is 29.1 Å². The van der Waals surface area contributed by atoms with Crippen LogP contribution in [0.15, 0.2) is 233 Å². The normalized spacial score (nSPS) is 10.1. The standard InChI is InChI=1S/C16H17N3O2.C15H12BrF3N2O3.C15H15BrN2O3.C15H13N3O3.C13H10BrN3O.C8H6Br2O.C7H10N2O2.C2H4O2.CH2O3.CH3.ClH.2K.Mg.H3N.H/c1-10-8-14-15(20)17-13(9-19(14)18-10)11-4-6-12(7-5-11)16(2,3)21;1-2-24-14(23)11-7-13(15(17,18)19)21(20-11)8-12(22)9-3-5-10(16)6-4-9;1-3-21-15(20)13-8-10(2)17-18(13)9-14(19)11-4-6-12(16)7-5-11;1-9-7-13-14(19)16-12(8-18(13)17-9)10-3-5-11(6-4-10)15(20)21-2;1-8-6-12-13(18)15-11(7-17(12)16-8)9-2-4-10(14)5-3-9;9-5-8(11)6-1-3-7(10)4-2-6;1-3-11-7(10)6-4-5(2)8-9-6;1-2(3)4;2-1-4-3;;;;;;;/h4-9,21H,1-3H3,(H,17,20);3-7H,2,8H2,1H3;4-8H,3,9H2,1-2H3;3-8H,1-2H3,(H,16,19);2-7H,1H3,(H,15,18);1-4H,5H2;4H,3H2,1-2H3,(H,8,9);1H3,(H,3,4);1,3H;1H3;1H;;;;1H3;/q;;;;;;;;;-1;;2*+1;+2;;-1/p-2. The molecule has 0 aliphatic carbocycles. The maximum absolute atomic E-state index is 13.1. The topological polar surface area (TPSA) is 513 Å². The molecule has 734 valence electrons. The van der Waals surface area contributed by atoms with E-state index in [1.165, 1.54) is 30.8 Å². The van der Waals surface area contributed by atoms with Gasteiger partial charge in [-0.05, 0) is 182 Å². The number of fused-ring (bicyclic) bond motifs is 3. The van der Waals surface area contributed by atoms with Crippen molar-refractivity contribution in [3.63, 3.8) is 0 Å². The Balaban J connectivity index is 0.00000162. The summed E-state index contributed by atoms with van der Waals surface area (Å²) in [7, 11) is 1.34. The van der Waals surface area contributed by atoms with Crippen molar-refractivity contribution >= 4 is 173 Å². The zero-order chi connectivity index (χ0) is 99.7. The number of ether oxygens (including phenoxy) is 4. The van der Waals surface area contributed by atoms with Gasteiger partial charge in [-0.3, -0.25) is 52.8 Å². The summed E-state index contributed by atoms with van der Waals surface area (Å²) in [6, 6.07) is 51.6. The smallest absolute Gasteiger partial charge is 1.00 e. The molecule has 48 heteroatoms. The number of ketones is 3. The number of carbonyl (C=O) groups excluding carboxylic acids is 8. The number of carboxylic acid groups (broad SMARTS) is 1. The molecule has 0 saturated carbocycles. The van der Waals surface area contributed by atoms with E-state index in [2.05, 4.69) is 145 Å². The molecule has 0 unspecified atom stereocenters. The van der Waals surface area contributed by atoms with Crippen LogP contribution >= 0.6 is 79.6 Å². The van der Waals surface area contributed by atoms with Crippen LogP contribution < -0.4 is 143 Å². The van der Waals surface area contributed by atoms with E-state index in [1.54, 1.807) is 164 Å². The Labute approximate surface area is 956 Å². The number of hydrogen-bond acceptors (Lipinski definition) is 26. The van der Waals surface area contributed by atoms with Gasteiger partial charge in [0.2, 0.25) is 0 Å². The van der Waals surface area contributed by atoms with E-state index in [0.29, 0.717) is 78.8 Å². The van der Waals surface area contributed by atoms with E-state index in [0.717, 1.165) is 81.1 Å². The Morgan fingerprint density at radius 1 is 0.489 bits per heavy atom. The monoisotopic (exact) mass is 2340 g/mol. The summed E-state index contributed by atoms with van der Waals surface area (Å²) in [6.45, 7) is 18.6. The fraction of sp³-hybridized carbons (Fsp3) is 0.215. The van der Waals surface area contributed by atoms with Gasteiger partial charge >= 0.3 is 156 Å². The first kappa shape index (κ1) is 129. The van der Waals surface area contributed by atoms with Gasteiger partial charge in [-0.25, -0.2) is 32.7 Å². The van der Waals surface area contributed by atoms with Crippen molar-refractivity contribution in [1.29, 1.82) is 0 Å². The number of halogens is 9. The number of nitrogens with zero attached hydrogens (tertiary/aromatic N) is 11. The van der Waals surface area contributed by atoms with E-state index < -0.39 is 59.4 Å². The molecule has 36 nitrogen and oxygen atoms in total. The number of aromatic nitrogens is 15. The minimum absolute atomic E-state index is 0. The maximum atomic E-state index is 13.1. The molecule has 15 rings (SSSR count). The summed E-state index contributed by atoms with van der Waals surface area (Å²) >= 11 is 16.3. The molecule has 0 bridgehead atoms. The predicted molar refractivity (Wildman–Crippen MR) is 526 cm³/mol. The van der Waals surface area contributed by atoms with Crippen LogP contribution in [0.3, 0.4) is 0 Å². The van der Waals surface area contributed by atoms with Gasteiger partial charge in [0.05, 0.1) is 102 Å². The Kier molecular flexibility index (Phi) is 57.7. The Bertz CT molecular complexity index is 6840. The van der Waals surface area contributed by atoms with Gasteiger partial charge in [-0.2, -0.15) is 43.8 Å². The third-order valence-electron chi connectivity index (χ3n) is 17.8. The second kappa shape index (κ2) is 62.9. The molecule has 15 aromatic rings. The quantitative estimate of drug-likeness (QED) is 0.00452. The molecule has 0 aliphatic heterocycles. The molecule has 0 atom stereocenters. The number of benzene rings is 6. The van der Waals surface area contributed by atoms with Crippen molar-refractivity contribution in [2.24, 2.45) is 0 Å². The van der Waals surface area contributed by atoms with E-state index in [9.17, 15) is 66.2 Å². The number of aliphatic carboxylic acids is 1. The maximum Gasteiger partial charge on any atom is 2.00 e. The van der Waals surface area contributed by atoms with Crippen LogP contribution in [-0.4, -0.2) is 193 Å². The summed E-state index contributed by atoms with van der Waals surface area (Å²) in [5.41, 5.74) is 10.6. The molecule has 0 fully saturated rings. The fourth-order valence-corrected chi connectivity index (χ4v) is 13.1.